The number of aliphatic hydroxyl groups is 1. The van der Waals surface area contributed by atoms with E-state index in [4.69, 9.17) is 9.47 Å². The van der Waals surface area contributed by atoms with Crippen molar-refractivity contribution >= 4 is 11.8 Å². The van der Waals surface area contributed by atoms with Crippen molar-refractivity contribution in [1.29, 1.82) is 0 Å². The summed E-state index contributed by atoms with van der Waals surface area (Å²) in [5, 5.41) is 11.4. The van der Waals surface area contributed by atoms with Crippen LogP contribution < -0.4 is 0 Å². The zero-order chi connectivity index (χ0) is 20.0. The average molecular weight is 374 g/mol. The summed E-state index contributed by atoms with van der Waals surface area (Å²) >= 11 is 0. The molecule has 5 heteroatoms. The summed E-state index contributed by atoms with van der Waals surface area (Å²) in [5.41, 5.74) is 0.467. The predicted molar refractivity (Wildman–Crippen MR) is 102 cm³/mol. The highest BCUT2D eigenvalue weighted by molar-refractivity contribution is 5.96. The second kappa shape index (κ2) is 6.93. The van der Waals surface area contributed by atoms with E-state index in [-0.39, 0.29) is 11.8 Å². The van der Waals surface area contributed by atoms with Crippen LogP contribution in [0.25, 0.3) is 0 Å². The number of fused-ring (bicyclic) bond motifs is 1. The molecule has 4 unspecified atom stereocenters. The monoisotopic (exact) mass is 374 g/mol. The minimum Gasteiger partial charge on any atom is -0.487 e. The molecule has 0 spiro atoms. The molecule has 148 valence electrons. The topological polar surface area (TPSA) is 72.8 Å². The summed E-state index contributed by atoms with van der Waals surface area (Å²) < 4.78 is 12.1. The number of rotatable bonds is 2. The van der Waals surface area contributed by atoms with Crippen LogP contribution in [0.2, 0.25) is 0 Å². The first-order valence-electron chi connectivity index (χ1n) is 9.75. The Hall–Kier alpha value is -1.88. The molecule has 0 saturated heterocycles. The highest BCUT2D eigenvalue weighted by Gasteiger charge is 2.51. The summed E-state index contributed by atoms with van der Waals surface area (Å²) in [7, 11) is 0. The first-order chi connectivity index (χ1) is 12.6. The Morgan fingerprint density at radius 1 is 1.30 bits per heavy atom. The van der Waals surface area contributed by atoms with Gasteiger partial charge in [-0.15, -0.1) is 0 Å². The van der Waals surface area contributed by atoms with Crippen LogP contribution in [0.3, 0.4) is 0 Å². The summed E-state index contributed by atoms with van der Waals surface area (Å²) in [6, 6.07) is 0. The van der Waals surface area contributed by atoms with Gasteiger partial charge < -0.3 is 14.6 Å². The fourth-order valence-electron chi connectivity index (χ4n) is 4.55. The quantitative estimate of drug-likeness (QED) is 0.588. The molecule has 2 bridgehead atoms. The van der Waals surface area contributed by atoms with E-state index in [0.29, 0.717) is 49.0 Å². The SMILES string of the molecule is C=C(C)C1(O)CCC2=C3OC(C)(CCC2=O)C(OC(C)=O)CCC(C)=CC31. The molecule has 0 aromatic carbocycles. The standard InChI is InChI=1S/C22H30O5/c1-13(2)22(25)11-8-16-18(24)9-10-21(5)19(26-15(4)23)7-6-14(3)12-17(22)20(16)27-21/h12,17,19,25H,1,6-11H2,2-5H3. The lowest BCUT2D eigenvalue weighted by Gasteiger charge is -2.43. The molecule has 3 aliphatic rings. The molecule has 0 aromatic rings. The van der Waals surface area contributed by atoms with Gasteiger partial charge in [-0.2, -0.15) is 0 Å². The Bertz CT molecular complexity index is 746. The van der Waals surface area contributed by atoms with Crippen molar-refractivity contribution in [1.82, 2.24) is 0 Å². The van der Waals surface area contributed by atoms with E-state index >= 15 is 0 Å². The van der Waals surface area contributed by atoms with Gasteiger partial charge in [0.2, 0.25) is 0 Å². The van der Waals surface area contributed by atoms with Gasteiger partial charge in [0, 0.05) is 18.9 Å². The molecule has 1 aliphatic carbocycles. The molecular weight excluding hydrogens is 344 g/mol. The molecule has 0 saturated carbocycles. The van der Waals surface area contributed by atoms with Crippen molar-refractivity contribution in [2.24, 2.45) is 5.92 Å². The Morgan fingerprint density at radius 3 is 2.63 bits per heavy atom. The van der Waals surface area contributed by atoms with Crippen molar-refractivity contribution in [3.05, 3.63) is 35.1 Å². The van der Waals surface area contributed by atoms with Crippen LogP contribution >= 0.6 is 0 Å². The second-order valence-corrected chi connectivity index (χ2v) is 8.51. The number of esters is 1. The molecule has 0 radical (unpaired) electrons. The smallest absolute Gasteiger partial charge is 0.303 e. The Balaban J connectivity index is 2.17. The third-order valence-corrected chi connectivity index (χ3v) is 6.36. The van der Waals surface area contributed by atoms with Crippen LogP contribution in [0.5, 0.6) is 0 Å². The lowest BCUT2D eigenvalue weighted by atomic mass is 9.70. The van der Waals surface area contributed by atoms with Crippen LogP contribution in [0.15, 0.2) is 35.1 Å². The van der Waals surface area contributed by atoms with E-state index in [2.05, 4.69) is 6.58 Å². The van der Waals surface area contributed by atoms with E-state index in [1.54, 1.807) is 0 Å². The summed E-state index contributed by atoms with van der Waals surface area (Å²) in [6.07, 6.45) is 4.67. The van der Waals surface area contributed by atoms with Crippen LogP contribution in [-0.4, -0.2) is 34.2 Å². The number of ether oxygens (including phenoxy) is 2. The van der Waals surface area contributed by atoms with Gasteiger partial charge in [-0.05, 0) is 58.4 Å². The maximum atomic E-state index is 12.8. The Morgan fingerprint density at radius 2 is 2.00 bits per heavy atom. The van der Waals surface area contributed by atoms with Gasteiger partial charge in [-0.3, -0.25) is 9.59 Å². The molecule has 27 heavy (non-hydrogen) atoms. The van der Waals surface area contributed by atoms with Gasteiger partial charge in [0.1, 0.15) is 17.5 Å². The zero-order valence-electron chi connectivity index (χ0n) is 16.8. The summed E-state index contributed by atoms with van der Waals surface area (Å²) in [5.74, 6) is -0.198. The highest BCUT2D eigenvalue weighted by Crippen LogP contribution is 2.49. The molecule has 0 fully saturated rings. The molecule has 2 aliphatic heterocycles. The van der Waals surface area contributed by atoms with E-state index in [1.807, 2.05) is 26.8 Å². The van der Waals surface area contributed by atoms with Crippen LogP contribution in [0, 0.1) is 5.92 Å². The van der Waals surface area contributed by atoms with Crippen molar-refractivity contribution in [3.8, 4) is 0 Å². The van der Waals surface area contributed by atoms with Crippen molar-refractivity contribution in [2.75, 3.05) is 0 Å². The first-order valence-corrected chi connectivity index (χ1v) is 9.75. The normalized spacial score (nSPS) is 36.5. The van der Waals surface area contributed by atoms with Crippen molar-refractivity contribution < 1.29 is 24.2 Å². The van der Waals surface area contributed by atoms with Crippen LogP contribution in [0.4, 0.5) is 0 Å². The fourth-order valence-corrected chi connectivity index (χ4v) is 4.55. The van der Waals surface area contributed by atoms with Gasteiger partial charge in [0.25, 0.3) is 0 Å². The average Bonchev–Trinajstić information content (AvgIpc) is 2.67. The Kier molecular flexibility index (Phi) is 5.10. The molecule has 2 heterocycles. The maximum absolute atomic E-state index is 12.8. The van der Waals surface area contributed by atoms with Gasteiger partial charge in [0.15, 0.2) is 5.78 Å². The third kappa shape index (κ3) is 3.49. The van der Waals surface area contributed by atoms with E-state index in [9.17, 15) is 14.7 Å². The third-order valence-electron chi connectivity index (χ3n) is 6.36. The van der Waals surface area contributed by atoms with E-state index in [1.165, 1.54) is 6.92 Å². The number of ketones is 1. The second-order valence-electron chi connectivity index (χ2n) is 8.51. The minimum atomic E-state index is -1.15. The van der Waals surface area contributed by atoms with Gasteiger partial charge in [0.05, 0.1) is 11.5 Å². The number of hydrogen-bond acceptors (Lipinski definition) is 5. The summed E-state index contributed by atoms with van der Waals surface area (Å²) in [4.78, 5) is 24.5. The molecule has 3 rings (SSSR count). The lowest BCUT2D eigenvalue weighted by molar-refractivity contribution is -0.167. The predicted octanol–water partition coefficient (Wildman–Crippen LogP) is 3.77. The van der Waals surface area contributed by atoms with Crippen LogP contribution in [0.1, 0.15) is 66.2 Å². The number of allylic oxidation sites excluding steroid dienone is 2. The molecule has 4 atom stereocenters. The lowest BCUT2D eigenvalue weighted by Crippen LogP contribution is -2.47. The molecule has 0 aromatic heterocycles. The summed E-state index contributed by atoms with van der Waals surface area (Å²) in [6.45, 7) is 11.1. The molecule has 1 N–H and O–H groups in total. The zero-order valence-corrected chi connectivity index (χ0v) is 16.8. The number of carbonyl (C=O) groups excluding carboxylic acids is 2. The number of Topliss-reactive ketones (excluding diaryl/α,β-unsaturated/α-hetero) is 1. The van der Waals surface area contributed by atoms with Crippen molar-refractivity contribution in [3.63, 3.8) is 0 Å². The van der Waals surface area contributed by atoms with Crippen LogP contribution in [-0.2, 0) is 19.1 Å². The highest BCUT2D eigenvalue weighted by atomic mass is 16.6. The Labute approximate surface area is 161 Å². The minimum absolute atomic E-state index is 0.0655. The van der Waals surface area contributed by atoms with Gasteiger partial charge in [-0.25, -0.2) is 0 Å². The first kappa shape index (κ1) is 19.9. The molecule has 0 amide bonds. The van der Waals surface area contributed by atoms with Gasteiger partial charge >= 0.3 is 5.97 Å². The number of hydrogen-bond donors (Lipinski definition) is 1. The maximum Gasteiger partial charge on any atom is 0.303 e. The van der Waals surface area contributed by atoms with Gasteiger partial charge in [-0.1, -0.05) is 18.2 Å². The molecular formula is C22H30O5. The largest absolute Gasteiger partial charge is 0.487 e. The van der Waals surface area contributed by atoms with E-state index < -0.39 is 23.2 Å². The van der Waals surface area contributed by atoms with E-state index in [0.717, 1.165) is 12.0 Å². The number of carbonyl (C=O) groups is 2. The van der Waals surface area contributed by atoms with Crippen molar-refractivity contribution in [2.45, 2.75) is 83.5 Å². The fraction of sp³-hybridized carbons (Fsp3) is 0.636. The molecule has 5 nitrogen and oxygen atoms in total.